The lowest BCUT2D eigenvalue weighted by molar-refractivity contribution is -0.133. The standard InChI is InChI=1S/C25H35FN4O4/c1-24(2)13-21(31)30(23(27)29-24)19(8-9-33-5)16-11-17(16)22(32)28-18-12-25(3,4)34-20-10-14(26)6-7-15(18)20/h6-7,10,16-19H,8-9,11-13H2,1-5H3,(H2,27,29)(H,28,32)/t16-,17-,18?,19-/m1/s1. The van der Waals surface area contributed by atoms with Gasteiger partial charge in [0.25, 0.3) is 0 Å². The van der Waals surface area contributed by atoms with E-state index in [2.05, 4.69) is 10.6 Å². The summed E-state index contributed by atoms with van der Waals surface area (Å²) in [6.07, 6.45) is 2.04. The summed E-state index contributed by atoms with van der Waals surface area (Å²) in [5.74, 6) is -0.355. The number of hydrogen-bond acceptors (Lipinski definition) is 5. The highest BCUT2D eigenvalue weighted by Crippen LogP contribution is 2.46. The number of carbonyl (C=O) groups is 2. The van der Waals surface area contributed by atoms with Crippen LogP contribution in [0.5, 0.6) is 5.75 Å². The molecule has 1 saturated carbocycles. The van der Waals surface area contributed by atoms with Crippen LogP contribution in [0, 0.1) is 23.1 Å². The molecule has 8 nitrogen and oxygen atoms in total. The van der Waals surface area contributed by atoms with Gasteiger partial charge in [-0.3, -0.25) is 19.9 Å². The molecule has 1 saturated heterocycles. The number of fused-ring (bicyclic) bond motifs is 1. The Morgan fingerprint density at radius 2 is 2.12 bits per heavy atom. The van der Waals surface area contributed by atoms with Crippen LogP contribution in [0.3, 0.4) is 0 Å². The van der Waals surface area contributed by atoms with Crippen molar-refractivity contribution in [3.05, 3.63) is 29.6 Å². The molecule has 186 valence electrons. The second-order valence-corrected chi connectivity index (χ2v) is 11.0. The lowest BCUT2D eigenvalue weighted by atomic mass is 9.89. The second-order valence-electron chi connectivity index (χ2n) is 11.0. The number of benzene rings is 1. The number of ether oxygens (including phenoxy) is 2. The SMILES string of the molecule is COCC[C@H]([C@@H]1C[C@H]1C(=O)NC1CC(C)(C)Oc2cc(F)ccc21)N1C(=N)NC(C)(C)CC1=O. The van der Waals surface area contributed by atoms with E-state index in [1.807, 2.05) is 27.7 Å². The molecule has 1 unspecified atom stereocenters. The molecule has 34 heavy (non-hydrogen) atoms. The van der Waals surface area contributed by atoms with E-state index in [0.29, 0.717) is 31.6 Å². The van der Waals surface area contributed by atoms with Crippen LogP contribution < -0.4 is 15.4 Å². The maximum absolute atomic E-state index is 13.8. The summed E-state index contributed by atoms with van der Waals surface area (Å²) in [7, 11) is 1.60. The quantitative estimate of drug-likeness (QED) is 0.563. The van der Waals surface area contributed by atoms with E-state index in [-0.39, 0.29) is 53.9 Å². The summed E-state index contributed by atoms with van der Waals surface area (Å²) >= 11 is 0. The van der Waals surface area contributed by atoms with Gasteiger partial charge in [0.2, 0.25) is 11.8 Å². The van der Waals surface area contributed by atoms with Crippen LogP contribution >= 0.6 is 0 Å². The molecule has 9 heteroatoms. The maximum atomic E-state index is 13.8. The van der Waals surface area contributed by atoms with Crippen molar-refractivity contribution in [3.63, 3.8) is 0 Å². The Balaban J connectivity index is 1.48. The van der Waals surface area contributed by atoms with Crippen molar-refractivity contribution in [2.24, 2.45) is 11.8 Å². The Morgan fingerprint density at radius 3 is 2.79 bits per heavy atom. The number of nitrogens with one attached hydrogen (secondary N) is 3. The molecule has 4 atom stereocenters. The Kier molecular flexibility index (Phi) is 6.35. The zero-order valence-corrected chi connectivity index (χ0v) is 20.5. The smallest absolute Gasteiger partial charge is 0.231 e. The molecule has 1 aromatic carbocycles. The molecule has 4 rings (SSSR count). The highest BCUT2D eigenvalue weighted by atomic mass is 19.1. The maximum Gasteiger partial charge on any atom is 0.231 e. The molecular weight excluding hydrogens is 439 g/mol. The van der Waals surface area contributed by atoms with Gasteiger partial charge in [-0.2, -0.15) is 0 Å². The third kappa shape index (κ3) is 5.04. The van der Waals surface area contributed by atoms with Crippen molar-refractivity contribution < 1.29 is 23.5 Å². The van der Waals surface area contributed by atoms with E-state index >= 15 is 0 Å². The van der Waals surface area contributed by atoms with Crippen molar-refractivity contribution in [3.8, 4) is 5.75 Å². The molecule has 0 spiro atoms. The molecular formula is C25H35FN4O4. The summed E-state index contributed by atoms with van der Waals surface area (Å²) in [4.78, 5) is 27.7. The van der Waals surface area contributed by atoms with Crippen molar-refractivity contribution in [2.45, 2.75) is 76.6 Å². The number of methoxy groups -OCH3 is 1. The number of nitrogens with zero attached hydrogens (tertiary/aromatic N) is 1. The first-order valence-corrected chi connectivity index (χ1v) is 11.9. The van der Waals surface area contributed by atoms with Crippen LogP contribution in [0.4, 0.5) is 4.39 Å². The summed E-state index contributed by atoms with van der Waals surface area (Å²) < 4.78 is 25.0. The molecule has 2 fully saturated rings. The van der Waals surface area contributed by atoms with Crippen molar-refractivity contribution >= 4 is 17.8 Å². The fourth-order valence-corrected chi connectivity index (χ4v) is 5.31. The third-order valence-corrected chi connectivity index (χ3v) is 6.93. The normalized spacial score (nSPS) is 27.8. The molecule has 0 radical (unpaired) electrons. The zero-order chi connectivity index (χ0) is 24.8. The van der Waals surface area contributed by atoms with E-state index in [4.69, 9.17) is 14.9 Å². The van der Waals surface area contributed by atoms with Gasteiger partial charge in [0.15, 0.2) is 5.96 Å². The van der Waals surface area contributed by atoms with E-state index in [1.54, 1.807) is 13.2 Å². The van der Waals surface area contributed by atoms with E-state index in [1.165, 1.54) is 17.0 Å². The largest absolute Gasteiger partial charge is 0.487 e. The molecule has 2 amide bonds. The van der Waals surface area contributed by atoms with Gasteiger partial charge in [-0.1, -0.05) is 6.07 Å². The van der Waals surface area contributed by atoms with Gasteiger partial charge < -0.3 is 20.1 Å². The van der Waals surface area contributed by atoms with Crippen LogP contribution in [-0.2, 0) is 14.3 Å². The lowest BCUT2D eigenvalue weighted by Crippen LogP contribution is -2.63. The van der Waals surface area contributed by atoms with Gasteiger partial charge in [0.05, 0.1) is 6.04 Å². The number of carbonyl (C=O) groups excluding carboxylic acids is 2. The van der Waals surface area contributed by atoms with Gasteiger partial charge in [0.1, 0.15) is 17.2 Å². The molecule has 0 aromatic heterocycles. The average molecular weight is 475 g/mol. The molecule has 0 bridgehead atoms. The third-order valence-electron chi connectivity index (χ3n) is 6.93. The van der Waals surface area contributed by atoms with Crippen LogP contribution in [0.25, 0.3) is 0 Å². The first-order valence-electron chi connectivity index (χ1n) is 11.9. The summed E-state index contributed by atoms with van der Waals surface area (Å²) in [6.45, 7) is 8.06. The summed E-state index contributed by atoms with van der Waals surface area (Å²) in [5.41, 5.74) is -0.252. The topological polar surface area (TPSA) is 104 Å². The molecule has 2 heterocycles. The van der Waals surface area contributed by atoms with E-state index < -0.39 is 11.1 Å². The van der Waals surface area contributed by atoms with Crippen molar-refractivity contribution in [1.82, 2.24) is 15.5 Å². The van der Waals surface area contributed by atoms with Gasteiger partial charge >= 0.3 is 0 Å². The van der Waals surface area contributed by atoms with E-state index in [0.717, 1.165) is 5.56 Å². The number of guanidine groups is 1. The Labute approximate surface area is 200 Å². The van der Waals surface area contributed by atoms with Crippen LogP contribution in [-0.4, -0.2) is 53.6 Å². The number of amides is 2. The van der Waals surface area contributed by atoms with Gasteiger partial charge in [-0.25, -0.2) is 4.39 Å². The predicted octanol–water partition coefficient (Wildman–Crippen LogP) is 3.12. The number of rotatable bonds is 7. The minimum atomic E-state index is -0.545. The van der Waals surface area contributed by atoms with Crippen LogP contribution in [0.1, 0.15) is 65.0 Å². The summed E-state index contributed by atoms with van der Waals surface area (Å²) in [5, 5.41) is 14.7. The number of halogens is 1. The fraction of sp³-hybridized carbons (Fsp3) is 0.640. The van der Waals surface area contributed by atoms with Gasteiger partial charge in [0, 0.05) is 55.7 Å². The van der Waals surface area contributed by atoms with Crippen molar-refractivity contribution in [2.75, 3.05) is 13.7 Å². The molecule has 1 aromatic rings. The van der Waals surface area contributed by atoms with E-state index in [9.17, 15) is 14.0 Å². The molecule has 3 aliphatic rings. The highest BCUT2D eigenvalue weighted by molar-refractivity contribution is 5.99. The first kappa shape index (κ1) is 24.4. The zero-order valence-electron chi connectivity index (χ0n) is 20.5. The Bertz CT molecular complexity index is 975. The average Bonchev–Trinajstić information content (AvgIpc) is 3.48. The molecule has 3 N–H and O–H groups in total. The highest BCUT2D eigenvalue weighted by Gasteiger charge is 2.53. The fourth-order valence-electron chi connectivity index (χ4n) is 5.31. The lowest BCUT2D eigenvalue weighted by Gasteiger charge is -2.42. The first-order chi connectivity index (χ1) is 15.9. The van der Waals surface area contributed by atoms with Crippen LogP contribution in [0.15, 0.2) is 18.2 Å². The molecule has 1 aliphatic carbocycles. The minimum absolute atomic E-state index is 0.0528. The minimum Gasteiger partial charge on any atom is -0.487 e. The van der Waals surface area contributed by atoms with Gasteiger partial charge in [-0.05, 0) is 52.5 Å². The van der Waals surface area contributed by atoms with Crippen LogP contribution in [0.2, 0.25) is 0 Å². The predicted molar refractivity (Wildman–Crippen MR) is 125 cm³/mol. The molecule has 2 aliphatic heterocycles. The monoisotopic (exact) mass is 474 g/mol. The van der Waals surface area contributed by atoms with Gasteiger partial charge in [-0.15, -0.1) is 0 Å². The Hall–Kier alpha value is -2.68. The van der Waals surface area contributed by atoms with Crippen molar-refractivity contribution in [1.29, 1.82) is 5.41 Å². The second kappa shape index (κ2) is 8.83. The Morgan fingerprint density at radius 1 is 1.38 bits per heavy atom. The summed E-state index contributed by atoms with van der Waals surface area (Å²) in [6, 6.07) is 3.83. The number of hydrogen-bond donors (Lipinski definition) is 3.